The van der Waals surface area contributed by atoms with Gasteiger partial charge in [-0.05, 0) is 29.8 Å². The highest BCUT2D eigenvalue weighted by atomic mass is 79.9. The van der Waals surface area contributed by atoms with E-state index in [1.807, 2.05) is 13.8 Å². The molecular formula is C11H12BrN9. The summed E-state index contributed by atoms with van der Waals surface area (Å²) in [7, 11) is 0. The molecule has 0 aliphatic heterocycles. The maximum atomic E-state index is 5.43. The summed E-state index contributed by atoms with van der Waals surface area (Å²) >= 11 is 3.48. The van der Waals surface area contributed by atoms with Crippen molar-refractivity contribution in [3.8, 4) is 11.9 Å². The van der Waals surface area contributed by atoms with Crippen LogP contribution in [0.4, 0.5) is 5.95 Å². The van der Waals surface area contributed by atoms with Crippen molar-refractivity contribution in [2.75, 3.05) is 5.43 Å². The van der Waals surface area contributed by atoms with Crippen molar-refractivity contribution < 1.29 is 0 Å². The Balaban J connectivity index is 2.18. The normalized spacial score (nSPS) is 10.9. The lowest BCUT2D eigenvalue weighted by Gasteiger charge is -2.07. The van der Waals surface area contributed by atoms with E-state index in [4.69, 9.17) is 5.84 Å². The standard InChI is InChI=1S/C11H12BrN9/c1-6-8(12)7(2)21(19-6)11-16-9(18-13)15-10(17-11)20-4-3-14-5-20/h3-5H,13H2,1-2H3,(H,15,16,17,18). The van der Waals surface area contributed by atoms with Crippen LogP contribution in [0.1, 0.15) is 11.4 Å². The first-order valence-electron chi connectivity index (χ1n) is 6.03. The molecule has 0 aromatic carbocycles. The van der Waals surface area contributed by atoms with Crippen molar-refractivity contribution >= 4 is 21.9 Å². The minimum Gasteiger partial charge on any atom is -0.292 e. The van der Waals surface area contributed by atoms with Crippen LogP contribution >= 0.6 is 15.9 Å². The molecule has 0 aliphatic carbocycles. The van der Waals surface area contributed by atoms with E-state index in [2.05, 4.69) is 46.4 Å². The summed E-state index contributed by atoms with van der Waals surface area (Å²) in [5.74, 6) is 6.43. The molecule has 10 heteroatoms. The van der Waals surface area contributed by atoms with Gasteiger partial charge in [-0.1, -0.05) is 0 Å². The largest absolute Gasteiger partial charge is 0.292 e. The number of anilines is 1. The number of rotatable bonds is 3. The first-order valence-corrected chi connectivity index (χ1v) is 6.82. The van der Waals surface area contributed by atoms with Gasteiger partial charge in [0.15, 0.2) is 0 Å². The van der Waals surface area contributed by atoms with Crippen molar-refractivity contribution in [3.63, 3.8) is 0 Å². The van der Waals surface area contributed by atoms with Gasteiger partial charge >= 0.3 is 0 Å². The van der Waals surface area contributed by atoms with Crippen LogP contribution in [-0.2, 0) is 0 Å². The Morgan fingerprint density at radius 3 is 2.52 bits per heavy atom. The van der Waals surface area contributed by atoms with Gasteiger partial charge in [0.2, 0.25) is 11.9 Å². The molecule has 0 fully saturated rings. The Bertz CT molecular complexity index is 777. The minimum atomic E-state index is 0.243. The SMILES string of the molecule is Cc1nn(-c2nc(NN)nc(-n3ccnc3)n2)c(C)c1Br. The van der Waals surface area contributed by atoms with Crippen LogP contribution in [0, 0.1) is 13.8 Å². The van der Waals surface area contributed by atoms with E-state index < -0.39 is 0 Å². The number of hydrazine groups is 1. The topological polar surface area (TPSA) is 112 Å². The van der Waals surface area contributed by atoms with Gasteiger partial charge in [-0.25, -0.2) is 15.5 Å². The lowest BCUT2D eigenvalue weighted by Crippen LogP contribution is -2.16. The number of nitrogens with two attached hydrogens (primary N) is 1. The summed E-state index contributed by atoms with van der Waals surface area (Å²) in [6.45, 7) is 3.81. The maximum absolute atomic E-state index is 5.43. The number of nitrogens with one attached hydrogen (secondary N) is 1. The number of aryl methyl sites for hydroxylation is 1. The molecule has 3 N–H and O–H groups in total. The van der Waals surface area contributed by atoms with E-state index >= 15 is 0 Å². The molecule has 0 spiro atoms. The molecule has 9 nitrogen and oxygen atoms in total. The fourth-order valence-electron chi connectivity index (χ4n) is 1.82. The lowest BCUT2D eigenvalue weighted by atomic mass is 10.4. The average molecular weight is 350 g/mol. The quantitative estimate of drug-likeness (QED) is 0.533. The predicted octanol–water partition coefficient (Wildman–Crippen LogP) is 0.908. The van der Waals surface area contributed by atoms with E-state index in [-0.39, 0.29) is 5.95 Å². The van der Waals surface area contributed by atoms with Crippen molar-refractivity contribution in [1.29, 1.82) is 0 Å². The number of hydrogen-bond acceptors (Lipinski definition) is 7. The van der Waals surface area contributed by atoms with Crippen molar-refractivity contribution in [2.45, 2.75) is 13.8 Å². The van der Waals surface area contributed by atoms with Gasteiger partial charge in [0, 0.05) is 12.4 Å². The van der Waals surface area contributed by atoms with E-state index in [1.54, 1.807) is 28.0 Å². The van der Waals surface area contributed by atoms with Gasteiger partial charge in [0.1, 0.15) is 6.33 Å². The predicted molar refractivity (Wildman–Crippen MR) is 79.1 cm³/mol. The van der Waals surface area contributed by atoms with E-state index in [0.29, 0.717) is 11.9 Å². The Hall–Kier alpha value is -2.33. The van der Waals surface area contributed by atoms with Crippen molar-refractivity contribution in [1.82, 2.24) is 34.3 Å². The third-order valence-electron chi connectivity index (χ3n) is 2.87. The first-order chi connectivity index (χ1) is 10.1. The summed E-state index contributed by atoms with van der Waals surface area (Å²) in [5, 5.41) is 4.40. The minimum absolute atomic E-state index is 0.243. The number of aromatic nitrogens is 7. The number of imidazole rings is 1. The Morgan fingerprint density at radius 2 is 1.95 bits per heavy atom. The zero-order valence-electron chi connectivity index (χ0n) is 11.3. The van der Waals surface area contributed by atoms with Crippen molar-refractivity contribution in [2.24, 2.45) is 5.84 Å². The van der Waals surface area contributed by atoms with E-state index in [9.17, 15) is 0 Å². The van der Waals surface area contributed by atoms with Crippen LogP contribution in [0.25, 0.3) is 11.9 Å². The number of nitrogen functional groups attached to an aromatic ring is 1. The van der Waals surface area contributed by atoms with Gasteiger partial charge in [0.25, 0.3) is 5.95 Å². The van der Waals surface area contributed by atoms with Gasteiger partial charge in [-0.15, -0.1) is 0 Å². The molecule has 108 valence electrons. The second-order valence-electron chi connectivity index (χ2n) is 4.27. The molecule has 21 heavy (non-hydrogen) atoms. The lowest BCUT2D eigenvalue weighted by molar-refractivity contribution is 0.750. The van der Waals surface area contributed by atoms with Gasteiger partial charge in [-0.3, -0.25) is 9.99 Å². The second-order valence-corrected chi connectivity index (χ2v) is 5.06. The molecule has 0 bridgehead atoms. The average Bonchev–Trinajstić information content (AvgIpc) is 3.12. The highest BCUT2D eigenvalue weighted by molar-refractivity contribution is 9.10. The van der Waals surface area contributed by atoms with Crippen LogP contribution < -0.4 is 11.3 Å². The summed E-state index contributed by atoms with van der Waals surface area (Å²) in [6.07, 6.45) is 4.96. The molecule has 0 saturated heterocycles. The van der Waals surface area contributed by atoms with E-state index in [1.165, 1.54) is 0 Å². The third kappa shape index (κ3) is 2.38. The zero-order chi connectivity index (χ0) is 15.0. The zero-order valence-corrected chi connectivity index (χ0v) is 12.9. The molecule has 0 unspecified atom stereocenters. The monoisotopic (exact) mass is 349 g/mol. The molecule has 0 radical (unpaired) electrons. The Kier molecular flexibility index (Phi) is 3.39. The van der Waals surface area contributed by atoms with Crippen LogP contribution in [0.2, 0.25) is 0 Å². The van der Waals surface area contributed by atoms with Crippen molar-refractivity contribution in [3.05, 3.63) is 34.6 Å². The first kappa shape index (κ1) is 13.6. The van der Waals surface area contributed by atoms with Crippen LogP contribution in [0.3, 0.4) is 0 Å². The van der Waals surface area contributed by atoms with E-state index in [0.717, 1.165) is 15.9 Å². The molecule has 3 aromatic rings. The van der Waals surface area contributed by atoms with Gasteiger partial charge < -0.3 is 0 Å². The summed E-state index contributed by atoms with van der Waals surface area (Å²) < 4.78 is 4.20. The van der Waals surface area contributed by atoms with Crippen LogP contribution in [0.5, 0.6) is 0 Å². The Labute approximate surface area is 128 Å². The van der Waals surface area contributed by atoms with Crippen LogP contribution in [0.15, 0.2) is 23.2 Å². The smallest absolute Gasteiger partial charge is 0.257 e. The maximum Gasteiger partial charge on any atom is 0.257 e. The summed E-state index contributed by atoms with van der Waals surface area (Å²) in [6, 6.07) is 0. The third-order valence-corrected chi connectivity index (χ3v) is 4.02. The summed E-state index contributed by atoms with van der Waals surface area (Å²) in [4.78, 5) is 16.8. The highest BCUT2D eigenvalue weighted by Gasteiger charge is 2.15. The molecule has 0 saturated carbocycles. The summed E-state index contributed by atoms with van der Waals surface area (Å²) in [5.41, 5.74) is 4.17. The van der Waals surface area contributed by atoms with Gasteiger partial charge in [-0.2, -0.15) is 20.1 Å². The molecule has 0 amide bonds. The number of hydrogen-bond donors (Lipinski definition) is 2. The highest BCUT2D eigenvalue weighted by Crippen LogP contribution is 2.22. The molecular weight excluding hydrogens is 338 g/mol. The van der Waals surface area contributed by atoms with Crippen LogP contribution in [-0.4, -0.2) is 34.3 Å². The van der Waals surface area contributed by atoms with Gasteiger partial charge in [0.05, 0.1) is 15.9 Å². The molecule has 0 aliphatic rings. The number of nitrogens with zero attached hydrogens (tertiary/aromatic N) is 7. The molecule has 0 atom stereocenters. The number of halogens is 1. The fraction of sp³-hybridized carbons (Fsp3) is 0.182. The molecule has 3 aromatic heterocycles. The fourth-order valence-corrected chi connectivity index (χ4v) is 2.07. The molecule has 3 rings (SSSR count). The second kappa shape index (κ2) is 5.22. The molecule has 3 heterocycles. The Morgan fingerprint density at radius 1 is 1.19 bits per heavy atom.